The predicted octanol–water partition coefficient (Wildman–Crippen LogP) is 7.86. The highest BCUT2D eigenvalue weighted by molar-refractivity contribution is 8.00. The second-order valence-electron chi connectivity index (χ2n) is 21.4. The molecule has 1 spiro atoms. The molecule has 84 heavy (non-hydrogen) atoms. The highest BCUT2D eigenvalue weighted by atomic mass is 35.5. The lowest BCUT2D eigenvalue weighted by Crippen LogP contribution is -2.70. The Morgan fingerprint density at radius 1 is 0.964 bits per heavy atom. The van der Waals surface area contributed by atoms with E-state index in [-0.39, 0.29) is 86.3 Å². The smallest absolute Gasteiger partial charge is 0.375 e. The molecule has 8 aliphatic rings. The van der Waals surface area contributed by atoms with Crippen molar-refractivity contribution in [3.63, 3.8) is 0 Å². The van der Waals surface area contributed by atoms with Crippen molar-refractivity contribution in [3.05, 3.63) is 168 Å². The van der Waals surface area contributed by atoms with E-state index in [0.29, 0.717) is 45.9 Å². The number of para-hydroxylation sites is 1. The number of esters is 1. The van der Waals surface area contributed by atoms with Gasteiger partial charge >= 0.3 is 17.9 Å². The van der Waals surface area contributed by atoms with E-state index in [1.54, 1.807) is 62.4 Å². The number of benzene rings is 5. The predicted molar refractivity (Wildman–Crippen MR) is 303 cm³/mol. The molecule has 6 aromatic rings. The average molecular weight is 1260 g/mol. The van der Waals surface area contributed by atoms with Crippen molar-refractivity contribution in [1.82, 2.24) is 30.1 Å². The van der Waals surface area contributed by atoms with Gasteiger partial charge in [-0.15, -0.1) is 16.9 Å². The summed E-state index contributed by atoms with van der Waals surface area (Å²) in [6.07, 6.45) is 2.13. The lowest BCUT2D eigenvalue weighted by atomic mass is 9.77. The highest BCUT2D eigenvalue weighted by Gasteiger charge is 2.73. The van der Waals surface area contributed by atoms with Crippen molar-refractivity contribution >= 4 is 109 Å². The number of amides is 2. The Morgan fingerprint density at radius 3 is 2.49 bits per heavy atom. The molecule has 14 rings (SSSR count). The molecule has 5 aromatic carbocycles. The third-order valence-corrected chi connectivity index (χ3v) is 22.7. The molecule has 0 bridgehead atoms. The van der Waals surface area contributed by atoms with Gasteiger partial charge in [0.25, 0.3) is 0 Å². The van der Waals surface area contributed by atoms with Crippen LogP contribution in [-0.2, 0) is 68.4 Å². The topological polar surface area (TPSA) is 251 Å². The number of β-lactam (4-membered cyclic amide) rings is 2. The summed E-state index contributed by atoms with van der Waals surface area (Å²) in [4.78, 5) is 70.5. The number of hydrogen-bond donors (Lipinski definition) is 2. The van der Waals surface area contributed by atoms with Crippen LogP contribution in [0.15, 0.2) is 108 Å². The number of carboxylic acids is 1. The lowest BCUT2D eigenvalue weighted by Gasteiger charge is -2.49. The number of carbonyl (C=O) groups excluding carboxylic acids is 4. The molecule has 9 heterocycles. The number of ether oxygens (including phenoxy) is 6. The largest absolute Gasteiger partial charge is 0.489 e. The fraction of sp³-hybridized carbons (Fsp3) is 0.298. The minimum Gasteiger partial charge on any atom is -0.489 e. The van der Waals surface area contributed by atoms with Crippen LogP contribution in [0.3, 0.4) is 0 Å². The second kappa shape index (κ2) is 19.9. The maximum absolute atomic E-state index is 14.0. The summed E-state index contributed by atoms with van der Waals surface area (Å²) in [6.45, 7) is 3.61. The van der Waals surface area contributed by atoms with E-state index in [1.807, 2.05) is 36.4 Å². The van der Waals surface area contributed by atoms with Gasteiger partial charge < -0.3 is 43.3 Å². The third kappa shape index (κ3) is 8.18. The van der Waals surface area contributed by atoms with Gasteiger partial charge in [0, 0.05) is 64.3 Å². The Morgan fingerprint density at radius 2 is 1.74 bits per heavy atom. The molecular formula is C57H43Cl4N7O14S2. The number of anilines is 2. The second-order valence-corrected chi connectivity index (χ2v) is 26.6. The summed E-state index contributed by atoms with van der Waals surface area (Å²) >= 11 is 28.3. The van der Waals surface area contributed by atoms with E-state index >= 15 is 0 Å². The zero-order chi connectivity index (χ0) is 58.5. The number of aryl methyl sites for hydroxylation is 1. The van der Waals surface area contributed by atoms with Gasteiger partial charge in [-0.1, -0.05) is 81.9 Å². The van der Waals surface area contributed by atoms with Crippen LogP contribution in [0.25, 0.3) is 0 Å². The standard InChI is InChI=1S/C57H43Cl4N7O14S2/c1-26-17-33-37(79-36-18-30(66-15-13-28-5-3-4-6-34(28)66)9-12-32(36)57(33)42-41(55(74)82-57)43(58)45(60)46(61)44(42)59)19-35(26)80-40(21-69)78-22-27-7-10-31(11-8-27)77-23-29-24-83-53-47(52(71)68(53)48(29)54(72)73)63-51-49(81-51)50-56(2,25-65-16-14-62-64-65)84(75,76)39-20-38(70)67(39)50/h3-12,14,16-19,39,47,49-51,53,63H,13,15,20,22-25H2,1-2H3,(H,72,73)/t39-,47-,49?,50+,51?,53-,56?,57?/m1/s1. The number of epoxide rings is 1. The molecule has 21 nitrogen and oxygen atoms in total. The van der Waals surface area contributed by atoms with E-state index < -0.39 is 79.1 Å². The molecular weight excluding hydrogens is 1210 g/mol. The number of halogens is 4. The molecule has 4 saturated heterocycles. The molecule has 2 N–H and O–H groups in total. The Hall–Kier alpha value is -7.31. The van der Waals surface area contributed by atoms with E-state index in [1.165, 1.54) is 38.0 Å². The van der Waals surface area contributed by atoms with Crippen LogP contribution in [-0.4, -0.2) is 127 Å². The normalized spacial score (nSPS) is 26.2. The van der Waals surface area contributed by atoms with Gasteiger partial charge in [0.2, 0.25) is 17.8 Å². The summed E-state index contributed by atoms with van der Waals surface area (Å²) < 4.78 is 64.5. The number of sulfone groups is 1. The molecule has 8 aliphatic heterocycles. The summed E-state index contributed by atoms with van der Waals surface area (Å²) in [7, 11) is -3.86. The van der Waals surface area contributed by atoms with E-state index in [2.05, 4.69) is 26.6 Å². The highest BCUT2D eigenvalue weighted by Crippen LogP contribution is 2.62. The van der Waals surface area contributed by atoms with Gasteiger partial charge in [-0.3, -0.25) is 24.5 Å². The van der Waals surface area contributed by atoms with Gasteiger partial charge in [-0.25, -0.2) is 22.8 Å². The SMILES string of the molecule is Cc1cc2c(cc1OC(=C=O)OCc1ccc(OCC3=C(C(=O)O)N4C(=O)[C@@H](NC5OC5[C@@H]5N6C(=O)C[C@H]6S(=O)(=O)C5(C)Cn5ccnn5)[C@H]4SC3)cc1)Oc1cc(N3CCc4ccccc43)ccc1C21OC(=O)c2c(Cl)c(Cl)c(Cl)c(Cl)c21. The zero-order valence-electron chi connectivity index (χ0n) is 43.8. The van der Waals surface area contributed by atoms with Gasteiger partial charge in [-0.05, 0) is 73.4 Å². The number of carboxylic acid groups (broad SMARTS) is 1. The number of thioether (sulfide) groups is 1. The minimum absolute atomic E-state index is 0.0417. The number of fused-ring (bicyclic) bond motifs is 9. The fourth-order valence-corrected chi connectivity index (χ4v) is 17.4. The first-order valence-corrected chi connectivity index (χ1v) is 30.3. The van der Waals surface area contributed by atoms with Gasteiger partial charge in [-0.2, -0.15) is 0 Å². The first-order valence-electron chi connectivity index (χ1n) is 26.2. The molecule has 2 amide bonds. The minimum atomic E-state index is -3.86. The van der Waals surface area contributed by atoms with Crippen molar-refractivity contribution in [2.45, 2.75) is 85.4 Å². The summed E-state index contributed by atoms with van der Waals surface area (Å²) in [6, 6.07) is 21.8. The molecule has 0 radical (unpaired) electrons. The van der Waals surface area contributed by atoms with Crippen LogP contribution in [0.4, 0.5) is 11.4 Å². The van der Waals surface area contributed by atoms with Crippen molar-refractivity contribution in [2.24, 2.45) is 0 Å². The van der Waals surface area contributed by atoms with Crippen LogP contribution in [0.1, 0.15) is 57.1 Å². The number of aromatic nitrogens is 3. The number of hydrogen-bond acceptors (Lipinski definition) is 18. The summed E-state index contributed by atoms with van der Waals surface area (Å²) in [5.41, 5.74) is 3.45. The number of nitrogens with one attached hydrogen (secondary N) is 1. The molecule has 8 atom stereocenters. The Bertz CT molecular complexity index is 4110. The molecule has 0 aliphatic carbocycles. The van der Waals surface area contributed by atoms with Crippen LogP contribution >= 0.6 is 58.2 Å². The Kier molecular flexibility index (Phi) is 12.9. The van der Waals surface area contributed by atoms with Crippen LogP contribution < -0.4 is 24.4 Å². The number of rotatable bonds is 15. The first kappa shape index (κ1) is 54.6. The molecule has 4 fully saturated rings. The first-order chi connectivity index (χ1) is 40.3. The maximum Gasteiger partial charge on any atom is 0.375 e. The Balaban J connectivity index is 0.644. The molecule has 4 unspecified atom stereocenters. The molecule has 0 saturated carbocycles. The van der Waals surface area contributed by atoms with Crippen LogP contribution in [0.2, 0.25) is 20.1 Å². The Labute approximate surface area is 501 Å². The van der Waals surface area contributed by atoms with Crippen molar-refractivity contribution < 1.29 is 65.9 Å². The van der Waals surface area contributed by atoms with E-state index in [9.17, 15) is 37.5 Å². The fourth-order valence-electron chi connectivity index (χ4n) is 12.6. The van der Waals surface area contributed by atoms with E-state index in [0.717, 1.165) is 17.8 Å². The molecule has 27 heteroatoms. The van der Waals surface area contributed by atoms with Gasteiger partial charge in [0.15, 0.2) is 15.4 Å². The monoisotopic (exact) mass is 1250 g/mol. The maximum atomic E-state index is 14.0. The van der Waals surface area contributed by atoms with Crippen LogP contribution in [0, 0.1) is 6.92 Å². The number of nitrogens with zero attached hydrogens (tertiary/aromatic N) is 6. The number of aliphatic carboxylic acids is 1. The number of carbonyl (C=O) groups is 4. The molecule has 1 aromatic heterocycles. The zero-order valence-corrected chi connectivity index (χ0v) is 48.5. The van der Waals surface area contributed by atoms with Crippen LogP contribution in [0.5, 0.6) is 23.0 Å². The van der Waals surface area contributed by atoms with Gasteiger partial charge in [0.1, 0.15) is 75.8 Å². The van der Waals surface area contributed by atoms with Gasteiger partial charge in [0.05, 0.1) is 50.9 Å². The summed E-state index contributed by atoms with van der Waals surface area (Å²) in [5, 5.41) is 19.3. The van der Waals surface area contributed by atoms with Crippen molar-refractivity contribution in [3.8, 4) is 23.0 Å². The average Bonchev–Trinajstić information content (AvgIpc) is 1.54. The third-order valence-electron chi connectivity index (χ3n) is 16.7. The van der Waals surface area contributed by atoms with Crippen molar-refractivity contribution in [1.29, 1.82) is 0 Å². The quantitative estimate of drug-likeness (QED) is 0.0189. The summed E-state index contributed by atoms with van der Waals surface area (Å²) in [5.74, 6) is -0.486. The van der Waals surface area contributed by atoms with E-state index in [4.69, 9.17) is 74.8 Å². The lowest BCUT2D eigenvalue weighted by molar-refractivity contribution is -0.149. The molecule has 430 valence electrons. The van der Waals surface area contributed by atoms with Crippen molar-refractivity contribution in [2.75, 3.05) is 23.8 Å².